The third-order valence-corrected chi connectivity index (χ3v) is 3.68. The van der Waals surface area contributed by atoms with Crippen LogP contribution < -0.4 is 14.8 Å². The molecule has 0 bridgehead atoms. The first-order chi connectivity index (χ1) is 10.4. The van der Waals surface area contributed by atoms with Crippen LogP contribution in [0.1, 0.15) is 19.4 Å². The van der Waals surface area contributed by atoms with E-state index in [4.69, 9.17) is 14.2 Å². The number of anilines is 1. The molecule has 2 rings (SSSR count). The number of ether oxygens (including phenoxy) is 3. The van der Waals surface area contributed by atoms with Gasteiger partial charge in [0.25, 0.3) is 0 Å². The Labute approximate surface area is 131 Å². The zero-order valence-electron chi connectivity index (χ0n) is 13.8. The number of hydrogen-bond donors (Lipinski definition) is 1. The monoisotopic (exact) mass is 308 g/mol. The fourth-order valence-corrected chi connectivity index (χ4v) is 2.65. The summed E-state index contributed by atoms with van der Waals surface area (Å²) in [6.07, 6.45) is 0.0852. The fraction of sp³-hybridized carbons (Fsp3) is 0.562. The van der Waals surface area contributed by atoms with Gasteiger partial charge in [-0.2, -0.15) is 0 Å². The standard InChI is InChI=1S/C16H24N2O4/c1-10-6-14(20-4)15(21-5)7-13(10)17-16(19)18-8-11(2)22-12(3)9-18/h6-7,11-12H,8-9H2,1-5H3,(H,17,19)/t11-,12+. The number of nitrogens with one attached hydrogen (secondary N) is 1. The highest BCUT2D eigenvalue weighted by Gasteiger charge is 2.26. The van der Waals surface area contributed by atoms with Crippen molar-refractivity contribution in [3.05, 3.63) is 17.7 Å². The van der Waals surface area contributed by atoms with Gasteiger partial charge in [0.05, 0.1) is 26.4 Å². The fourth-order valence-electron chi connectivity index (χ4n) is 2.65. The molecule has 1 aromatic carbocycles. The number of carbonyl (C=O) groups excluding carboxylic acids is 1. The van der Waals surface area contributed by atoms with Crippen molar-refractivity contribution < 1.29 is 19.0 Å². The largest absolute Gasteiger partial charge is 0.493 e. The molecule has 1 aliphatic rings. The lowest BCUT2D eigenvalue weighted by molar-refractivity contribution is -0.0530. The van der Waals surface area contributed by atoms with Crippen molar-refractivity contribution in [1.82, 2.24) is 4.90 Å². The maximum Gasteiger partial charge on any atom is 0.322 e. The zero-order valence-corrected chi connectivity index (χ0v) is 13.8. The molecule has 1 aromatic rings. The van der Waals surface area contributed by atoms with Gasteiger partial charge in [0.1, 0.15) is 0 Å². The number of urea groups is 1. The van der Waals surface area contributed by atoms with Gasteiger partial charge in [0, 0.05) is 24.8 Å². The normalized spacial score (nSPS) is 21.4. The first kappa shape index (κ1) is 16.4. The van der Waals surface area contributed by atoms with Crippen molar-refractivity contribution in [2.24, 2.45) is 0 Å². The average molecular weight is 308 g/mol. The van der Waals surface area contributed by atoms with Gasteiger partial charge in [-0.05, 0) is 32.4 Å². The second-order valence-electron chi connectivity index (χ2n) is 5.61. The molecule has 2 amide bonds. The lowest BCUT2D eigenvalue weighted by Gasteiger charge is -2.35. The van der Waals surface area contributed by atoms with E-state index in [1.807, 2.05) is 26.8 Å². The molecule has 0 radical (unpaired) electrons. The number of rotatable bonds is 3. The summed E-state index contributed by atoms with van der Waals surface area (Å²) in [6.45, 7) is 7.03. The van der Waals surface area contributed by atoms with Crippen molar-refractivity contribution in [2.75, 3.05) is 32.6 Å². The summed E-state index contributed by atoms with van der Waals surface area (Å²) in [4.78, 5) is 14.2. The first-order valence-electron chi connectivity index (χ1n) is 7.38. The maximum atomic E-state index is 12.5. The first-order valence-corrected chi connectivity index (χ1v) is 7.38. The number of methoxy groups -OCH3 is 2. The van der Waals surface area contributed by atoms with Crippen LogP contribution in [0.25, 0.3) is 0 Å². The van der Waals surface area contributed by atoms with Gasteiger partial charge in [-0.3, -0.25) is 0 Å². The van der Waals surface area contributed by atoms with Crippen molar-refractivity contribution >= 4 is 11.7 Å². The molecule has 1 fully saturated rings. The second-order valence-corrected chi connectivity index (χ2v) is 5.61. The average Bonchev–Trinajstić information content (AvgIpc) is 2.47. The lowest BCUT2D eigenvalue weighted by Crippen LogP contribution is -2.49. The Morgan fingerprint density at radius 3 is 2.27 bits per heavy atom. The quantitative estimate of drug-likeness (QED) is 0.932. The molecule has 0 spiro atoms. The molecule has 0 unspecified atom stereocenters. The Bertz CT molecular complexity index is 537. The van der Waals surface area contributed by atoms with Crippen molar-refractivity contribution in [3.63, 3.8) is 0 Å². The molecule has 1 saturated heterocycles. The van der Waals surface area contributed by atoms with Crippen LogP contribution in [0.3, 0.4) is 0 Å². The summed E-state index contributed by atoms with van der Waals surface area (Å²) in [5, 5.41) is 2.94. The predicted molar refractivity (Wildman–Crippen MR) is 84.9 cm³/mol. The maximum absolute atomic E-state index is 12.5. The Hall–Kier alpha value is -1.95. The number of carbonyl (C=O) groups is 1. The molecule has 2 atom stereocenters. The SMILES string of the molecule is COc1cc(C)c(NC(=O)N2C[C@@H](C)O[C@@H](C)C2)cc1OC. The third kappa shape index (κ3) is 3.62. The predicted octanol–water partition coefficient (Wildman–Crippen LogP) is 2.65. The Morgan fingerprint density at radius 2 is 1.73 bits per heavy atom. The summed E-state index contributed by atoms with van der Waals surface area (Å²) in [5.74, 6) is 1.23. The van der Waals surface area contributed by atoms with Gasteiger partial charge in [-0.1, -0.05) is 0 Å². The Kier molecular flexibility index (Phi) is 5.13. The molecule has 6 heteroatoms. The Morgan fingerprint density at radius 1 is 1.18 bits per heavy atom. The summed E-state index contributed by atoms with van der Waals surface area (Å²) in [6, 6.07) is 3.50. The summed E-state index contributed by atoms with van der Waals surface area (Å²) in [5.41, 5.74) is 1.63. The molecule has 6 nitrogen and oxygen atoms in total. The van der Waals surface area contributed by atoms with Gasteiger partial charge >= 0.3 is 6.03 Å². The molecule has 1 heterocycles. The van der Waals surface area contributed by atoms with E-state index in [-0.39, 0.29) is 18.2 Å². The van der Waals surface area contributed by atoms with Crippen molar-refractivity contribution in [1.29, 1.82) is 0 Å². The molecular weight excluding hydrogens is 284 g/mol. The topological polar surface area (TPSA) is 60.0 Å². The second kappa shape index (κ2) is 6.87. The summed E-state index contributed by atoms with van der Waals surface area (Å²) >= 11 is 0. The van der Waals surface area contributed by atoms with Crippen LogP contribution in [0.5, 0.6) is 11.5 Å². The molecule has 0 saturated carbocycles. The number of morpholine rings is 1. The lowest BCUT2D eigenvalue weighted by atomic mass is 10.1. The minimum Gasteiger partial charge on any atom is -0.493 e. The minimum atomic E-state index is -0.127. The molecule has 1 aliphatic heterocycles. The Balaban J connectivity index is 2.14. The number of benzene rings is 1. The van der Waals surface area contributed by atoms with E-state index in [2.05, 4.69) is 5.32 Å². The van der Waals surface area contributed by atoms with Crippen molar-refractivity contribution in [3.8, 4) is 11.5 Å². The number of nitrogens with zero attached hydrogens (tertiary/aromatic N) is 1. The highest BCUT2D eigenvalue weighted by atomic mass is 16.5. The van der Waals surface area contributed by atoms with E-state index in [0.29, 0.717) is 24.6 Å². The molecule has 0 aromatic heterocycles. The smallest absolute Gasteiger partial charge is 0.322 e. The van der Waals surface area contributed by atoms with E-state index in [1.54, 1.807) is 25.2 Å². The number of amides is 2. The summed E-state index contributed by atoms with van der Waals surface area (Å²) < 4.78 is 16.2. The van der Waals surface area contributed by atoms with Gasteiger partial charge in [0.15, 0.2) is 11.5 Å². The van der Waals surface area contributed by atoms with Crippen LogP contribution in [-0.4, -0.2) is 50.4 Å². The summed E-state index contributed by atoms with van der Waals surface area (Å²) in [7, 11) is 3.16. The number of aryl methyl sites for hydroxylation is 1. The number of hydrogen-bond acceptors (Lipinski definition) is 4. The van der Waals surface area contributed by atoms with Gasteiger partial charge in [-0.25, -0.2) is 4.79 Å². The van der Waals surface area contributed by atoms with E-state index >= 15 is 0 Å². The van der Waals surface area contributed by atoms with Gasteiger partial charge in [0.2, 0.25) is 0 Å². The van der Waals surface area contributed by atoms with E-state index < -0.39 is 0 Å². The van der Waals surface area contributed by atoms with Crippen molar-refractivity contribution in [2.45, 2.75) is 33.0 Å². The van der Waals surface area contributed by atoms with E-state index in [0.717, 1.165) is 11.3 Å². The highest BCUT2D eigenvalue weighted by molar-refractivity contribution is 5.90. The zero-order chi connectivity index (χ0) is 16.3. The highest BCUT2D eigenvalue weighted by Crippen LogP contribution is 2.33. The van der Waals surface area contributed by atoms with Crippen LogP contribution in [0.2, 0.25) is 0 Å². The van der Waals surface area contributed by atoms with Crippen LogP contribution in [0, 0.1) is 6.92 Å². The molecule has 22 heavy (non-hydrogen) atoms. The van der Waals surface area contributed by atoms with Gasteiger partial charge < -0.3 is 24.4 Å². The van der Waals surface area contributed by atoms with E-state index in [1.165, 1.54) is 0 Å². The molecular formula is C16H24N2O4. The van der Waals surface area contributed by atoms with Crippen LogP contribution in [0.4, 0.5) is 10.5 Å². The van der Waals surface area contributed by atoms with Crippen LogP contribution in [-0.2, 0) is 4.74 Å². The molecule has 1 N–H and O–H groups in total. The molecule has 0 aliphatic carbocycles. The van der Waals surface area contributed by atoms with Gasteiger partial charge in [-0.15, -0.1) is 0 Å². The minimum absolute atomic E-state index is 0.0426. The molecule has 122 valence electrons. The van der Waals surface area contributed by atoms with Crippen LogP contribution >= 0.6 is 0 Å². The van der Waals surface area contributed by atoms with E-state index in [9.17, 15) is 4.79 Å². The van der Waals surface area contributed by atoms with Crippen LogP contribution in [0.15, 0.2) is 12.1 Å². The third-order valence-electron chi connectivity index (χ3n) is 3.68.